The molecule has 5 aromatic carbocycles. The summed E-state index contributed by atoms with van der Waals surface area (Å²) < 4.78 is 22.8. The number of anilines is 4. The highest BCUT2D eigenvalue weighted by molar-refractivity contribution is 6.09. The van der Waals surface area contributed by atoms with E-state index in [1.54, 1.807) is 0 Å². The molecule has 0 spiro atoms. The molecule has 0 N–H and O–H groups in total. The molecule has 244 valence electrons. The lowest BCUT2D eigenvalue weighted by Gasteiger charge is -2.26. The van der Waals surface area contributed by atoms with Gasteiger partial charge in [0.1, 0.15) is 29.8 Å². The molecule has 0 fully saturated rings. The van der Waals surface area contributed by atoms with E-state index in [1.807, 2.05) is 24.4 Å². The molecule has 1 aliphatic heterocycles. The van der Waals surface area contributed by atoms with Crippen LogP contribution in [-0.4, -0.2) is 16.2 Å². The van der Waals surface area contributed by atoms with E-state index in [1.165, 1.54) is 28.6 Å². The van der Waals surface area contributed by atoms with Gasteiger partial charge < -0.3 is 14.5 Å². The first-order valence-electron chi connectivity index (χ1n) is 16.9. The van der Waals surface area contributed by atoms with Crippen LogP contribution in [0.2, 0.25) is 0 Å². The minimum Gasteiger partial charge on any atom is -0.457 e. The van der Waals surface area contributed by atoms with Gasteiger partial charge in [0.2, 0.25) is 0 Å². The van der Waals surface area contributed by atoms with Crippen molar-refractivity contribution in [2.45, 2.75) is 46.0 Å². The average molecular weight is 647 g/mol. The predicted molar refractivity (Wildman–Crippen MR) is 200 cm³/mol. The Morgan fingerprint density at radius 3 is 2.10 bits per heavy atom. The molecule has 7 aromatic rings. The van der Waals surface area contributed by atoms with Gasteiger partial charge in [-0.25, -0.2) is 9.37 Å². The fourth-order valence-electron chi connectivity index (χ4n) is 6.82. The molecule has 1 aliphatic rings. The maximum atomic E-state index is 13.8. The van der Waals surface area contributed by atoms with Crippen molar-refractivity contribution in [3.63, 3.8) is 0 Å². The van der Waals surface area contributed by atoms with E-state index in [-0.39, 0.29) is 11.2 Å². The van der Waals surface area contributed by atoms with E-state index >= 15 is 0 Å². The van der Waals surface area contributed by atoms with Crippen LogP contribution in [-0.2, 0) is 5.41 Å². The second kappa shape index (κ2) is 11.8. The number of aromatic nitrogens is 2. The number of ether oxygens (including phenoxy) is 1. The van der Waals surface area contributed by atoms with Gasteiger partial charge in [-0.15, -0.1) is 0 Å². The highest BCUT2D eigenvalue weighted by atomic mass is 19.1. The molecule has 0 aliphatic carbocycles. The summed E-state index contributed by atoms with van der Waals surface area (Å²) in [4.78, 5) is 9.33. The molecule has 49 heavy (non-hydrogen) atoms. The van der Waals surface area contributed by atoms with Crippen molar-refractivity contribution in [1.82, 2.24) is 9.55 Å². The maximum Gasteiger partial charge on any atom is 0.137 e. The van der Waals surface area contributed by atoms with Gasteiger partial charge in [0.15, 0.2) is 0 Å². The smallest absolute Gasteiger partial charge is 0.137 e. The summed E-state index contributed by atoms with van der Waals surface area (Å²) in [5.41, 5.74) is 8.59. The number of pyridine rings is 1. The van der Waals surface area contributed by atoms with Crippen LogP contribution in [0.25, 0.3) is 27.6 Å². The van der Waals surface area contributed by atoms with Crippen LogP contribution >= 0.6 is 0 Å². The van der Waals surface area contributed by atoms with E-state index in [2.05, 4.69) is 140 Å². The van der Waals surface area contributed by atoms with E-state index in [0.29, 0.717) is 12.6 Å². The Morgan fingerprint density at radius 2 is 1.37 bits per heavy atom. The molecule has 3 heterocycles. The molecule has 0 saturated carbocycles. The molecular formula is C43H39FN4O. The molecule has 6 heteroatoms. The lowest BCUT2D eigenvalue weighted by Crippen LogP contribution is -2.24. The van der Waals surface area contributed by atoms with Gasteiger partial charge in [-0.1, -0.05) is 65.0 Å². The van der Waals surface area contributed by atoms with Gasteiger partial charge in [0.25, 0.3) is 0 Å². The number of benzene rings is 5. The van der Waals surface area contributed by atoms with E-state index in [9.17, 15) is 4.39 Å². The van der Waals surface area contributed by atoms with Crippen molar-refractivity contribution in [3.8, 4) is 17.3 Å². The largest absolute Gasteiger partial charge is 0.457 e. The fraction of sp³-hybridized carbons (Fsp3) is 0.186. The first-order valence-corrected chi connectivity index (χ1v) is 16.9. The van der Waals surface area contributed by atoms with Crippen molar-refractivity contribution in [2.24, 2.45) is 0 Å². The summed E-state index contributed by atoms with van der Waals surface area (Å²) in [6.07, 6.45) is 1.90. The molecule has 2 aromatic heterocycles. The Morgan fingerprint density at radius 1 is 0.673 bits per heavy atom. The van der Waals surface area contributed by atoms with Crippen molar-refractivity contribution >= 4 is 44.6 Å². The zero-order chi connectivity index (χ0) is 33.9. The molecule has 0 amide bonds. The molecule has 0 atom stereocenters. The summed E-state index contributed by atoms with van der Waals surface area (Å²) in [7, 11) is 0. The minimum atomic E-state index is -0.244. The summed E-state index contributed by atoms with van der Waals surface area (Å²) in [6, 6.07) is 40.7. The molecule has 0 saturated heterocycles. The topological polar surface area (TPSA) is 33.5 Å². The zero-order valence-corrected chi connectivity index (χ0v) is 28.5. The quantitative estimate of drug-likeness (QED) is 0.180. The van der Waals surface area contributed by atoms with Gasteiger partial charge >= 0.3 is 0 Å². The summed E-state index contributed by atoms with van der Waals surface area (Å²) >= 11 is 0. The summed E-state index contributed by atoms with van der Waals surface area (Å²) in [6.45, 7) is 11.7. The maximum absolute atomic E-state index is 13.8. The highest BCUT2D eigenvalue weighted by Crippen LogP contribution is 2.46. The van der Waals surface area contributed by atoms with Gasteiger partial charge in [-0.05, 0) is 101 Å². The Labute approximate surface area is 286 Å². The normalized spacial score (nSPS) is 13.1. The van der Waals surface area contributed by atoms with Crippen LogP contribution in [0.5, 0.6) is 11.5 Å². The Bertz CT molecular complexity index is 2330. The van der Waals surface area contributed by atoms with Crippen LogP contribution in [0.3, 0.4) is 0 Å². The van der Waals surface area contributed by atoms with Gasteiger partial charge in [0.05, 0.1) is 22.4 Å². The van der Waals surface area contributed by atoms with Crippen LogP contribution in [0.4, 0.5) is 27.1 Å². The Balaban J connectivity index is 1.22. The van der Waals surface area contributed by atoms with E-state index in [4.69, 9.17) is 9.72 Å². The van der Waals surface area contributed by atoms with Crippen molar-refractivity contribution < 1.29 is 9.13 Å². The lowest BCUT2D eigenvalue weighted by atomic mass is 9.86. The number of rotatable bonds is 6. The highest BCUT2D eigenvalue weighted by Gasteiger charge is 2.29. The van der Waals surface area contributed by atoms with Gasteiger partial charge in [-0.3, -0.25) is 4.57 Å². The van der Waals surface area contributed by atoms with Crippen LogP contribution in [0.1, 0.15) is 51.7 Å². The minimum absolute atomic E-state index is 0.118. The number of fused-ring (bicyclic) bond motifs is 4. The fourth-order valence-corrected chi connectivity index (χ4v) is 6.82. The second-order valence-electron chi connectivity index (χ2n) is 14.2. The first kappa shape index (κ1) is 30.7. The van der Waals surface area contributed by atoms with Crippen molar-refractivity contribution in [3.05, 3.63) is 144 Å². The van der Waals surface area contributed by atoms with Crippen LogP contribution in [0, 0.1) is 5.82 Å². The molecule has 0 unspecified atom stereocenters. The average Bonchev–Trinajstić information content (AvgIpc) is 3.64. The zero-order valence-electron chi connectivity index (χ0n) is 28.5. The Kier molecular flexibility index (Phi) is 7.40. The Hall–Kier alpha value is -5.62. The first-order chi connectivity index (χ1) is 23.6. The summed E-state index contributed by atoms with van der Waals surface area (Å²) in [5.74, 6) is 2.56. The monoisotopic (exact) mass is 646 g/mol. The molecule has 0 radical (unpaired) electrons. The number of halogens is 1. The lowest BCUT2D eigenvalue weighted by molar-refractivity contribution is 0.479. The summed E-state index contributed by atoms with van der Waals surface area (Å²) in [5, 5.41) is 2.33. The van der Waals surface area contributed by atoms with E-state index in [0.717, 1.165) is 56.5 Å². The van der Waals surface area contributed by atoms with Crippen molar-refractivity contribution in [1.29, 1.82) is 0 Å². The third-order valence-electron chi connectivity index (χ3n) is 9.50. The predicted octanol–water partition coefficient (Wildman–Crippen LogP) is 11.8. The van der Waals surface area contributed by atoms with Crippen LogP contribution < -0.4 is 14.5 Å². The molecule has 5 nitrogen and oxygen atoms in total. The third kappa shape index (κ3) is 5.57. The molecule has 8 rings (SSSR count). The molecule has 0 bridgehead atoms. The number of hydrogen-bond donors (Lipinski definition) is 0. The van der Waals surface area contributed by atoms with Gasteiger partial charge in [-0.2, -0.15) is 0 Å². The SMILES string of the molecule is CC(C)c1ccnc(-n2c3ccccc3c3ccc(Oc4cc(N5CN(c6ccc(F)cc6)c6ccccc65)cc(C(C)(C)C)c4)cc32)c1. The van der Waals surface area contributed by atoms with Gasteiger partial charge in [0, 0.05) is 40.5 Å². The van der Waals surface area contributed by atoms with Crippen LogP contribution in [0.15, 0.2) is 128 Å². The van der Waals surface area contributed by atoms with Crippen molar-refractivity contribution in [2.75, 3.05) is 16.5 Å². The number of hydrogen-bond acceptors (Lipinski definition) is 4. The standard InChI is InChI=1S/C43H39FN4O/c1-28(2)29-20-21-45-42(22-29)48-38-11-7-6-10-36(38)37-19-18-34(26-41(37)48)49-35-24-30(43(3,4)5)23-33(25-35)47-27-46(32-16-14-31(44)15-17-32)39-12-8-9-13-40(39)47/h6-26,28H,27H2,1-5H3. The number of para-hydroxylation sites is 3. The third-order valence-corrected chi connectivity index (χ3v) is 9.50. The second-order valence-corrected chi connectivity index (χ2v) is 14.2. The van der Waals surface area contributed by atoms with E-state index < -0.39 is 0 Å². The number of nitrogens with zero attached hydrogens (tertiary/aromatic N) is 4. The molecular weight excluding hydrogens is 607 g/mol.